The van der Waals surface area contributed by atoms with Crippen molar-refractivity contribution in [2.45, 2.75) is 45.6 Å². The molecule has 3 aromatic rings. The monoisotopic (exact) mass is 513 g/mol. The van der Waals surface area contributed by atoms with Gasteiger partial charge in [-0.15, -0.1) is 0 Å². The van der Waals surface area contributed by atoms with E-state index in [1.54, 1.807) is 30.2 Å². The van der Waals surface area contributed by atoms with Crippen molar-refractivity contribution in [1.29, 1.82) is 0 Å². The molecule has 8 heteroatoms. The number of fused-ring (bicyclic) bond motifs is 2. The van der Waals surface area contributed by atoms with E-state index in [9.17, 15) is 9.59 Å². The van der Waals surface area contributed by atoms with Crippen LogP contribution in [0.3, 0.4) is 0 Å². The summed E-state index contributed by atoms with van der Waals surface area (Å²) in [6.07, 6.45) is 3.77. The zero-order valence-electron chi connectivity index (χ0n) is 21.0. The first-order chi connectivity index (χ1) is 17.5. The molecule has 4 rings (SSSR count). The Bertz CT molecular complexity index is 1290. The summed E-state index contributed by atoms with van der Waals surface area (Å²) >= 11 is 6.17. The third-order valence-electron chi connectivity index (χ3n) is 6.26. The van der Waals surface area contributed by atoms with Gasteiger partial charge in [0.1, 0.15) is 5.58 Å². The normalized spacial score (nSPS) is 14.9. The van der Waals surface area contributed by atoms with Crippen molar-refractivity contribution in [3.63, 3.8) is 0 Å². The molecule has 1 amide bonds. The molecular formula is C28H32ClNO6. The lowest BCUT2D eigenvalue weighted by Gasteiger charge is -2.26. The van der Waals surface area contributed by atoms with Crippen LogP contribution in [0.15, 0.2) is 45.6 Å². The van der Waals surface area contributed by atoms with Gasteiger partial charge < -0.3 is 23.5 Å². The maximum atomic E-state index is 13.7. The molecule has 1 aliphatic heterocycles. The van der Waals surface area contributed by atoms with E-state index in [0.29, 0.717) is 65.8 Å². The van der Waals surface area contributed by atoms with E-state index >= 15 is 0 Å². The van der Waals surface area contributed by atoms with Crippen LogP contribution in [0, 0.1) is 0 Å². The lowest BCUT2D eigenvalue weighted by atomic mass is 9.98. The molecule has 36 heavy (non-hydrogen) atoms. The van der Waals surface area contributed by atoms with Crippen molar-refractivity contribution >= 4 is 28.5 Å². The van der Waals surface area contributed by atoms with Crippen LogP contribution in [0.4, 0.5) is 0 Å². The Kier molecular flexibility index (Phi) is 8.54. The maximum Gasteiger partial charge on any atom is 0.290 e. The van der Waals surface area contributed by atoms with Crippen molar-refractivity contribution in [1.82, 2.24) is 4.90 Å². The Hall–Kier alpha value is -3.03. The molecule has 2 heterocycles. The number of methoxy groups -OCH3 is 1. The Morgan fingerprint density at radius 2 is 1.81 bits per heavy atom. The Morgan fingerprint density at radius 3 is 2.56 bits per heavy atom. The van der Waals surface area contributed by atoms with Crippen molar-refractivity contribution in [2.24, 2.45) is 0 Å². The second-order valence-electron chi connectivity index (χ2n) is 8.76. The van der Waals surface area contributed by atoms with Crippen LogP contribution < -0.4 is 14.9 Å². The van der Waals surface area contributed by atoms with Crippen molar-refractivity contribution in [2.75, 3.05) is 33.5 Å². The molecule has 0 N–H and O–H groups in total. The number of ether oxygens (including phenoxy) is 3. The summed E-state index contributed by atoms with van der Waals surface area (Å²) in [6.45, 7) is 5.99. The third kappa shape index (κ3) is 5.22. The number of hydrogen-bond donors (Lipinski definition) is 0. The fourth-order valence-corrected chi connectivity index (χ4v) is 4.74. The second kappa shape index (κ2) is 11.8. The SMILES string of the molecule is CCCCCOc1ccc(C2c3c(oc4ccc(Cl)cc4c3=O)C(=O)N2CCCOC)cc1OCC. The number of amides is 1. The lowest BCUT2D eigenvalue weighted by molar-refractivity contribution is 0.0707. The van der Waals surface area contributed by atoms with Gasteiger partial charge in [-0.1, -0.05) is 37.4 Å². The molecule has 192 valence electrons. The van der Waals surface area contributed by atoms with Gasteiger partial charge >= 0.3 is 0 Å². The van der Waals surface area contributed by atoms with Gasteiger partial charge in [-0.05, 0) is 55.7 Å². The number of halogens is 1. The molecular weight excluding hydrogens is 482 g/mol. The highest BCUT2D eigenvalue weighted by atomic mass is 35.5. The van der Waals surface area contributed by atoms with Crippen molar-refractivity contribution in [3.05, 3.63) is 68.5 Å². The molecule has 0 spiro atoms. The average Bonchev–Trinajstić information content (AvgIpc) is 3.15. The molecule has 0 saturated carbocycles. The zero-order valence-corrected chi connectivity index (χ0v) is 21.7. The van der Waals surface area contributed by atoms with E-state index in [2.05, 4.69) is 6.92 Å². The van der Waals surface area contributed by atoms with E-state index in [-0.39, 0.29) is 17.1 Å². The van der Waals surface area contributed by atoms with Gasteiger partial charge in [-0.3, -0.25) is 9.59 Å². The highest BCUT2D eigenvalue weighted by Gasteiger charge is 2.42. The second-order valence-corrected chi connectivity index (χ2v) is 9.19. The number of unbranched alkanes of at least 4 members (excludes halogenated alkanes) is 2. The van der Waals surface area contributed by atoms with Gasteiger partial charge in [0, 0.05) is 25.3 Å². The van der Waals surface area contributed by atoms with Crippen LogP contribution in [-0.2, 0) is 4.74 Å². The van der Waals surface area contributed by atoms with Crippen LogP contribution in [-0.4, -0.2) is 44.3 Å². The van der Waals surface area contributed by atoms with E-state index in [1.807, 2.05) is 25.1 Å². The first-order valence-electron chi connectivity index (χ1n) is 12.5. The molecule has 0 fully saturated rings. The first kappa shape index (κ1) is 26.0. The third-order valence-corrected chi connectivity index (χ3v) is 6.50. The fraction of sp³-hybridized carbons (Fsp3) is 0.429. The maximum absolute atomic E-state index is 13.7. The number of carbonyl (C=O) groups excluding carboxylic acids is 1. The highest BCUT2D eigenvalue weighted by molar-refractivity contribution is 6.31. The van der Waals surface area contributed by atoms with Crippen LogP contribution in [0.5, 0.6) is 11.5 Å². The average molecular weight is 514 g/mol. The number of hydrogen-bond acceptors (Lipinski definition) is 6. The van der Waals surface area contributed by atoms with Gasteiger partial charge in [0.15, 0.2) is 16.9 Å². The number of benzene rings is 2. The molecule has 0 radical (unpaired) electrons. The summed E-state index contributed by atoms with van der Waals surface area (Å²) in [6, 6.07) is 9.80. The van der Waals surface area contributed by atoms with E-state index in [4.69, 9.17) is 30.2 Å². The summed E-state index contributed by atoms with van der Waals surface area (Å²) in [5.74, 6) is 0.968. The minimum Gasteiger partial charge on any atom is -0.490 e. The van der Waals surface area contributed by atoms with Crippen LogP contribution in [0.2, 0.25) is 5.02 Å². The summed E-state index contributed by atoms with van der Waals surface area (Å²) < 4.78 is 23.1. The number of nitrogens with zero attached hydrogens (tertiary/aromatic N) is 1. The predicted molar refractivity (Wildman–Crippen MR) is 139 cm³/mol. The standard InChI is InChI=1S/C28H32ClNO6/c1-4-6-7-15-35-22-11-9-18(16-23(22)34-5-2)25-24-26(31)20-17-19(29)10-12-21(20)36-27(24)28(32)30(25)13-8-14-33-3/h9-12,16-17,25H,4-8,13-15H2,1-3H3. The van der Waals surface area contributed by atoms with Crippen molar-refractivity contribution < 1.29 is 23.4 Å². The van der Waals surface area contributed by atoms with Crippen LogP contribution in [0.1, 0.15) is 67.3 Å². The van der Waals surface area contributed by atoms with Crippen LogP contribution in [0.25, 0.3) is 11.0 Å². The Labute approximate surface area is 215 Å². The summed E-state index contributed by atoms with van der Waals surface area (Å²) in [5, 5.41) is 0.773. The first-order valence-corrected chi connectivity index (χ1v) is 12.8. The molecule has 0 saturated heterocycles. The van der Waals surface area contributed by atoms with Crippen LogP contribution >= 0.6 is 11.6 Å². The lowest BCUT2D eigenvalue weighted by Crippen LogP contribution is -2.31. The van der Waals surface area contributed by atoms with Gasteiger partial charge in [0.25, 0.3) is 5.91 Å². The fourth-order valence-electron chi connectivity index (χ4n) is 4.57. The highest BCUT2D eigenvalue weighted by Crippen LogP contribution is 2.41. The molecule has 1 atom stereocenters. The van der Waals surface area contributed by atoms with E-state index in [0.717, 1.165) is 24.8 Å². The molecule has 7 nitrogen and oxygen atoms in total. The summed E-state index contributed by atoms with van der Waals surface area (Å²) in [5.41, 5.74) is 1.13. The van der Waals surface area contributed by atoms with E-state index in [1.165, 1.54) is 0 Å². The molecule has 1 aliphatic rings. The number of rotatable bonds is 12. The molecule has 2 aromatic carbocycles. The topological polar surface area (TPSA) is 78.2 Å². The predicted octanol–water partition coefficient (Wildman–Crippen LogP) is 6.00. The quantitative estimate of drug-likeness (QED) is 0.276. The molecule has 0 bridgehead atoms. The minimum atomic E-state index is -0.627. The van der Waals surface area contributed by atoms with Gasteiger partial charge in [-0.2, -0.15) is 0 Å². The Balaban J connectivity index is 1.80. The zero-order chi connectivity index (χ0) is 25.7. The van der Waals surface area contributed by atoms with Gasteiger partial charge in [0.05, 0.1) is 30.2 Å². The minimum absolute atomic E-state index is 0.0649. The van der Waals surface area contributed by atoms with Gasteiger partial charge in [0.2, 0.25) is 5.76 Å². The summed E-state index contributed by atoms with van der Waals surface area (Å²) in [7, 11) is 1.62. The summed E-state index contributed by atoms with van der Waals surface area (Å²) in [4.78, 5) is 28.8. The van der Waals surface area contributed by atoms with Crippen molar-refractivity contribution in [3.8, 4) is 11.5 Å². The Morgan fingerprint density at radius 1 is 0.972 bits per heavy atom. The number of carbonyl (C=O) groups is 1. The largest absolute Gasteiger partial charge is 0.490 e. The molecule has 1 unspecified atom stereocenters. The molecule has 0 aliphatic carbocycles. The van der Waals surface area contributed by atoms with Gasteiger partial charge in [-0.25, -0.2) is 0 Å². The molecule has 1 aromatic heterocycles. The smallest absolute Gasteiger partial charge is 0.290 e. The van der Waals surface area contributed by atoms with E-state index < -0.39 is 6.04 Å².